The van der Waals surface area contributed by atoms with Crippen molar-refractivity contribution in [2.24, 2.45) is 0 Å². The summed E-state index contributed by atoms with van der Waals surface area (Å²) in [5.41, 5.74) is 0.0962. The van der Waals surface area contributed by atoms with Gasteiger partial charge in [-0.1, -0.05) is 13.0 Å². The van der Waals surface area contributed by atoms with E-state index in [-0.39, 0.29) is 5.91 Å². The van der Waals surface area contributed by atoms with Crippen molar-refractivity contribution in [1.82, 2.24) is 5.32 Å². The number of hydrogen-bond donors (Lipinski definition) is 2. The van der Waals surface area contributed by atoms with E-state index in [1.165, 1.54) is 6.92 Å². The quantitative estimate of drug-likeness (QED) is 0.850. The highest BCUT2D eigenvalue weighted by Gasteiger charge is 2.33. The maximum atomic E-state index is 12.1. The lowest BCUT2D eigenvalue weighted by atomic mass is 9.98. The molecule has 1 rings (SSSR count). The summed E-state index contributed by atoms with van der Waals surface area (Å²) in [6.07, 6.45) is 0.321. The van der Waals surface area contributed by atoms with Crippen molar-refractivity contribution in [3.8, 4) is 0 Å². The van der Waals surface area contributed by atoms with Crippen LogP contribution >= 0.6 is 0 Å². The molecule has 19 heavy (non-hydrogen) atoms. The van der Waals surface area contributed by atoms with Crippen LogP contribution < -0.4 is 10.2 Å². The Kier molecular flexibility index (Phi) is 4.53. The zero-order chi connectivity index (χ0) is 14.6. The number of carboxylic acids is 1. The third-order valence-corrected chi connectivity index (χ3v) is 3.19. The van der Waals surface area contributed by atoms with Crippen LogP contribution in [-0.2, 0) is 4.79 Å². The number of rotatable bonds is 5. The molecule has 0 radical (unpaired) electrons. The summed E-state index contributed by atoms with van der Waals surface area (Å²) in [6, 6.07) is 7.05. The molecular weight excluding hydrogens is 244 g/mol. The summed E-state index contributed by atoms with van der Waals surface area (Å²) in [5, 5.41) is 11.7. The van der Waals surface area contributed by atoms with Gasteiger partial charge in [0.25, 0.3) is 5.91 Å². The number of benzene rings is 1. The van der Waals surface area contributed by atoms with E-state index in [1.54, 1.807) is 25.1 Å². The number of amides is 1. The molecule has 0 spiro atoms. The maximum Gasteiger partial charge on any atom is 0.329 e. The molecule has 5 heteroatoms. The van der Waals surface area contributed by atoms with Gasteiger partial charge >= 0.3 is 5.97 Å². The summed E-state index contributed by atoms with van der Waals surface area (Å²) in [7, 11) is 3.76. The standard InChI is InChI=1S/C14H20N2O3/c1-5-14(2,13(18)19)15-12(17)10-7-6-8-11(9-10)16(3)4/h6-9H,5H2,1-4H3,(H,15,17)(H,18,19). The number of hydrogen-bond acceptors (Lipinski definition) is 3. The molecule has 0 aromatic heterocycles. The van der Waals surface area contributed by atoms with Crippen molar-refractivity contribution in [3.63, 3.8) is 0 Å². The van der Waals surface area contributed by atoms with Crippen LogP contribution in [0.15, 0.2) is 24.3 Å². The van der Waals surface area contributed by atoms with Gasteiger partial charge in [0.2, 0.25) is 0 Å². The van der Waals surface area contributed by atoms with E-state index in [0.717, 1.165) is 5.69 Å². The molecule has 1 atom stereocenters. The molecule has 1 unspecified atom stereocenters. The summed E-state index contributed by atoms with van der Waals surface area (Å²) in [6.45, 7) is 3.23. The molecular formula is C14H20N2O3. The number of anilines is 1. The van der Waals surface area contributed by atoms with Gasteiger partial charge in [-0.25, -0.2) is 4.79 Å². The van der Waals surface area contributed by atoms with Crippen LogP contribution in [0.5, 0.6) is 0 Å². The Bertz CT molecular complexity index is 485. The van der Waals surface area contributed by atoms with Crippen LogP contribution in [0.1, 0.15) is 30.6 Å². The fraction of sp³-hybridized carbons (Fsp3) is 0.429. The van der Waals surface area contributed by atoms with Crippen molar-refractivity contribution >= 4 is 17.6 Å². The van der Waals surface area contributed by atoms with Crippen molar-refractivity contribution < 1.29 is 14.7 Å². The van der Waals surface area contributed by atoms with E-state index in [2.05, 4.69) is 5.32 Å². The second-order valence-electron chi connectivity index (χ2n) is 4.89. The lowest BCUT2D eigenvalue weighted by molar-refractivity contribution is -0.143. The van der Waals surface area contributed by atoms with E-state index < -0.39 is 11.5 Å². The molecule has 0 saturated heterocycles. The van der Waals surface area contributed by atoms with Gasteiger partial charge in [0.15, 0.2) is 0 Å². The van der Waals surface area contributed by atoms with Gasteiger partial charge in [-0.2, -0.15) is 0 Å². The highest BCUT2D eigenvalue weighted by Crippen LogP contribution is 2.15. The predicted octanol–water partition coefficient (Wildman–Crippen LogP) is 1.74. The van der Waals surface area contributed by atoms with Crippen LogP contribution in [0.25, 0.3) is 0 Å². The molecule has 0 heterocycles. The first-order valence-corrected chi connectivity index (χ1v) is 6.13. The molecule has 0 fully saturated rings. The third-order valence-electron chi connectivity index (χ3n) is 3.19. The average molecular weight is 264 g/mol. The number of carboxylic acid groups (broad SMARTS) is 1. The van der Waals surface area contributed by atoms with E-state index in [9.17, 15) is 9.59 Å². The van der Waals surface area contributed by atoms with Crippen molar-refractivity contribution in [2.75, 3.05) is 19.0 Å². The first-order valence-electron chi connectivity index (χ1n) is 6.13. The first kappa shape index (κ1) is 15.0. The lowest BCUT2D eigenvalue weighted by Crippen LogP contribution is -2.51. The van der Waals surface area contributed by atoms with Crippen LogP contribution in [-0.4, -0.2) is 36.6 Å². The van der Waals surface area contributed by atoms with Crippen molar-refractivity contribution in [1.29, 1.82) is 0 Å². The van der Waals surface area contributed by atoms with Crippen LogP contribution in [0.4, 0.5) is 5.69 Å². The molecule has 2 N–H and O–H groups in total. The Labute approximate surface area is 113 Å². The molecule has 0 bridgehead atoms. The molecule has 1 aromatic rings. The van der Waals surface area contributed by atoms with E-state index >= 15 is 0 Å². The van der Waals surface area contributed by atoms with Crippen LogP contribution in [0.2, 0.25) is 0 Å². The van der Waals surface area contributed by atoms with Gasteiger partial charge in [-0.05, 0) is 31.5 Å². The predicted molar refractivity (Wildman–Crippen MR) is 74.6 cm³/mol. The summed E-state index contributed by atoms with van der Waals surface area (Å²) in [5.74, 6) is -1.41. The second kappa shape index (κ2) is 5.73. The fourth-order valence-corrected chi connectivity index (χ4v) is 1.54. The fourth-order valence-electron chi connectivity index (χ4n) is 1.54. The Hall–Kier alpha value is -2.04. The number of carbonyl (C=O) groups excluding carboxylic acids is 1. The lowest BCUT2D eigenvalue weighted by Gasteiger charge is -2.24. The topological polar surface area (TPSA) is 69.6 Å². The minimum atomic E-state index is -1.24. The van der Waals surface area contributed by atoms with Crippen molar-refractivity contribution in [3.05, 3.63) is 29.8 Å². The minimum Gasteiger partial charge on any atom is -0.480 e. The van der Waals surface area contributed by atoms with E-state index in [0.29, 0.717) is 12.0 Å². The first-order chi connectivity index (χ1) is 8.80. The average Bonchev–Trinajstić information content (AvgIpc) is 2.38. The maximum absolute atomic E-state index is 12.1. The zero-order valence-corrected chi connectivity index (χ0v) is 11.7. The molecule has 0 aliphatic heterocycles. The largest absolute Gasteiger partial charge is 0.480 e. The number of aliphatic carboxylic acids is 1. The minimum absolute atomic E-state index is 0.321. The Morgan fingerprint density at radius 2 is 2.00 bits per heavy atom. The summed E-state index contributed by atoms with van der Waals surface area (Å²) >= 11 is 0. The Balaban J connectivity index is 2.95. The number of nitrogens with one attached hydrogen (secondary N) is 1. The monoisotopic (exact) mass is 264 g/mol. The molecule has 104 valence electrons. The smallest absolute Gasteiger partial charge is 0.329 e. The summed E-state index contributed by atoms with van der Waals surface area (Å²) < 4.78 is 0. The molecule has 1 aromatic carbocycles. The van der Waals surface area contributed by atoms with Gasteiger partial charge in [-0.15, -0.1) is 0 Å². The SMILES string of the molecule is CCC(C)(NC(=O)c1cccc(N(C)C)c1)C(=O)O. The second-order valence-corrected chi connectivity index (χ2v) is 4.89. The summed E-state index contributed by atoms with van der Waals surface area (Å²) in [4.78, 5) is 25.2. The van der Waals surface area contributed by atoms with Crippen LogP contribution in [0.3, 0.4) is 0 Å². The van der Waals surface area contributed by atoms with E-state index in [1.807, 2.05) is 25.1 Å². The van der Waals surface area contributed by atoms with Crippen LogP contribution in [0, 0.1) is 0 Å². The molecule has 0 saturated carbocycles. The van der Waals surface area contributed by atoms with Gasteiger partial charge in [0.05, 0.1) is 0 Å². The molecule has 0 aliphatic rings. The Morgan fingerprint density at radius 1 is 1.37 bits per heavy atom. The highest BCUT2D eigenvalue weighted by molar-refractivity contribution is 5.98. The normalized spacial score (nSPS) is 13.5. The van der Waals surface area contributed by atoms with Gasteiger partial charge < -0.3 is 15.3 Å². The van der Waals surface area contributed by atoms with Gasteiger partial charge in [-0.3, -0.25) is 4.79 Å². The van der Waals surface area contributed by atoms with Crippen molar-refractivity contribution in [2.45, 2.75) is 25.8 Å². The van der Waals surface area contributed by atoms with E-state index in [4.69, 9.17) is 5.11 Å². The molecule has 5 nitrogen and oxygen atoms in total. The number of nitrogens with zero attached hydrogens (tertiary/aromatic N) is 1. The number of carbonyl (C=O) groups is 2. The highest BCUT2D eigenvalue weighted by atomic mass is 16.4. The van der Waals surface area contributed by atoms with Gasteiger partial charge in [0.1, 0.15) is 5.54 Å². The molecule has 1 amide bonds. The van der Waals surface area contributed by atoms with Gasteiger partial charge in [0, 0.05) is 25.3 Å². The Morgan fingerprint density at radius 3 is 2.47 bits per heavy atom. The zero-order valence-electron chi connectivity index (χ0n) is 11.7. The molecule has 0 aliphatic carbocycles. The third kappa shape index (κ3) is 3.47.